The van der Waals surface area contributed by atoms with Gasteiger partial charge in [0.25, 0.3) is 0 Å². The molecule has 1 fully saturated rings. The molecule has 122 valence electrons. The van der Waals surface area contributed by atoms with E-state index in [-0.39, 0.29) is 24.4 Å². The number of aliphatic hydroxyl groups excluding tert-OH is 1. The van der Waals surface area contributed by atoms with Crippen LogP contribution in [0.3, 0.4) is 0 Å². The van der Waals surface area contributed by atoms with Crippen molar-refractivity contribution in [1.29, 1.82) is 0 Å². The molecule has 22 heavy (non-hydrogen) atoms. The predicted octanol–water partition coefficient (Wildman–Crippen LogP) is 2.90. The summed E-state index contributed by atoms with van der Waals surface area (Å²) in [6.45, 7) is 2.38. The molecule has 0 aromatic heterocycles. The maximum atomic E-state index is 13.7. The van der Waals surface area contributed by atoms with Crippen molar-refractivity contribution in [1.82, 2.24) is 5.32 Å². The Balaban J connectivity index is 1.83. The molecule has 6 heteroatoms. The van der Waals surface area contributed by atoms with Gasteiger partial charge in [0.05, 0.1) is 6.61 Å². The molecule has 1 aliphatic carbocycles. The van der Waals surface area contributed by atoms with E-state index in [1.165, 1.54) is 12.1 Å². The van der Waals surface area contributed by atoms with Gasteiger partial charge >= 0.3 is 6.03 Å². The number of aliphatic hydroxyl groups is 1. The zero-order valence-electron chi connectivity index (χ0n) is 12.8. The summed E-state index contributed by atoms with van der Waals surface area (Å²) in [4.78, 5) is 11.9. The molecular weight excluding hydrogens is 287 g/mol. The van der Waals surface area contributed by atoms with Gasteiger partial charge in [0.2, 0.25) is 0 Å². The van der Waals surface area contributed by atoms with Crippen LogP contribution in [0.15, 0.2) is 18.2 Å². The molecule has 3 N–H and O–H groups in total. The fourth-order valence-corrected chi connectivity index (χ4v) is 2.69. The van der Waals surface area contributed by atoms with Crippen LogP contribution < -0.4 is 15.4 Å². The van der Waals surface area contributed by atoms with Crippen LogP contribution in [-0.2, 0) is 0 Å². The molecule has 0 atom stereocenters. The Hall–Kier alpha value is -1.82. The molecule has 0 radical (unpaired) electrons. The monoisotopic (exact) mass is 310 g/mol. The lowest BCUT2D eigenvalue weighted by molar-refractivity contribution is 0.176. The number of hydrogen-bond acceptors (Lipinski definition) is 3. The van der Waals surface area contributed by atoms with Gasteiger partial charge < -0.3 is 20.5 Å². The number of urea groups is 1. The Morgan fingerprint density at radius 2 is 2.09 bits per heavy atom. The highest BCUT2D eigenvalue weighted by atomic mass is 19.1. The van der Waals surface area contributed by atoms with Gasteiger partial charge in [-0.05, 0) is 50.7 Å². The van der Waals surface area contributed by atoms with Crippen LogP contribution in [0, 0.1) is 11.7 Å². The molecule has 5 nitrogen and oxygen atoms in total. The summed E-state index contributed by atoms with van der Waals surface area (Å²) in [5.41, 5.74) is 0.391. The summed E-state index contributed by atoms with van der Waals surface area (Å²) >= 11 is 0. The van der Waals surface area contributed by atoms with Gasteiger partial charge in [0, 0.05) is 24.4 Å². The third-order valence-electron chi connectivity index (χ3n) is 3.93. The summed E-state index contributed by atoms with van der Waals surface area (Å²) < 4.78 is 18.8. The van der Waals surface area contributed by atoms with Gasteiger partial charge in [-0.3, -0.25) is 0 Å². The molecule has 0 bridgehead atoms. The molecule has 0 heterocycles. The van der Waals surface area contributed by atoms with Crippen molar-refractivity contribution in [3.05, 3.63) is 24.0 Å². The summed E-state index contributed by atoms with van der Waals surface area (Å²) in [6, 6.07) is 4.12. The van der Waals surface area contributed by atoms with Gasteiger partial charge in [-0.15, -0.1) is 0 Å². The van der Waals surface area contributed by atoms with Crippen LogP contribution in [0.25, 0.3) is 0 Å². The van der Waals surface area contributed by atoms with Crippen LogP contribution in [0.5, 0.6) is 5.75 Å². The van der Waals surface area contributed by atoms with Crippen molar-refractivity contribution in [2.45, 2.75) is 38.6 Å². The summed E-state index contributed by atoms with van der Waals surface area (Å²) in [5, 5.41) is 14.6. The molecular formula is C16H23FN2O3. The number of hydrogen-bond donors (Lipinski definition) is 3. The number of ether oxygens (including phenoxy) is 1. The summed E-state index contributed by atoms with van der Waals surface area (Å²) in [5.74, 6) is 0.0280. The minimum Gasteiger partial charge on any atom is -0.491 e. The lowest BCUT2D eigenvalue weighted by Gasteiger charge is -2.27. The van der Waals surface area contributed by atoms with Gasteiger partial charge in [0.1, 0.15) is 0 Å². The van der Waals surface area contributed by atoms with E-state index in [2.05, 4.69) is 10.6 Å². The summed E-state index contributed by atoms with van der Waals surface area (Å²) in [7, 11) is 0. The quantitative estimate of drug-likeness (QED) is 0.783. The Morgan fingerprint density at radius 3 is 2.68 bits per heavy atom. The van der Waals surface area contributed by atoms with Gasteiger partial charge in [-0.25, -0.2) is 9.18 Å². The third-order valence-corrected chi connectivity index (χ3v) is 3.93. The number of carbonyl (C=O) groups is 1. The van der Waals surface area contributed by atoms with Crippen LogP contribution in [-0.4, -0.2) is 30.4 Å². The average Bonchev–Trinajstić information content (AvgIpc) is 2.51. The summed E-state index contributed by atoms with van der Waals surface area (Å²) in [6.07, 6.45) is 3.55. The molecule has 1 saturated carbocycles. The molecule has 1 aromatic carbocycles. The Kier molecular flexibility index (Phi) is 6.00. The fourth-order valence-electron chi connectivity index (χ4n) is 2.69. The number of halogens is 1. The molecule has 0 saturated heterocycles. The maximum absolute atomic E-state index is 13.7. The second kappa shape index (κ2) is 7.98. The highest BCUT2D eigenvalue weighted by Crippen LogP contribution is 2.24. The minimum atomic E-state index is -0.497. The van der Waals surface area contributed by atoms with Gasteiger partial charge in [-0.2, -0.15) is 0 Å². The normalized spacial score (nSPS) is 21.2. The van der Waals surface area contributed by atoms with E-state index in [0.717, 1.165) is 25.7 Å². The molecule has 2 rings (SSSR count). The molecule has 1 aliphatic rings. The van der Waals surface area contributed by atoms with E-state index in [4.69, 9.17) is 9.84 Å². The Labute approximate surface area is 129 Å². The van der Waals surface area contributed by atoms with Crippen LogP contribution in [0.1, 0.15) is 32.6 Å². The van der Waals surface area contributed by atoms with Gasteiger partial charge in [0.15, 0.2) is 11.6 Å². The first-order valence-corrected chi connectivity index (χ1v) is 7.73. The first-order valence-electron chi connectivity index (χ1n) is 7.73. The van der Waals surface area contributed by atoms with Crippen molar-refractivity contribution in [2.75, 3.05) is 18.5 Å². The number of amides is 2. The molecule has 1 aromatic rings. The second-order valence-electron chi connectivity index (χ2n) is 5.58. The van der Waals surface area contributed by atoms with Crippen molar-refractivity contribution >= 4 is 11.7 Å². The average molecular weight is 310 g/mol. The topological polar surface area (TPSA) is 70.6 Å². The Morgan fingerprint density at radius 1 is 1.36 bits per heavy atom. The number of anilines is 1. The van der Waals surface area contributed by atoms with Crippen LogP contribution in [0.4, 0.5) is 14.9 Å². The van der Waals surface area contributed by atoms with E-state index in [1.807, 2.05) is 0 Å². The number of carbonyl (C=O) groups excluding carboxylic acids is 1. The van der Waals surface area contributed by atoms with Crippen molar-refractivity contribution in [3.63, 3.8) is 0 Å². The zero-order valence-corrected chi connectivity index (χ0v) is 12.8. The third kappa shape index (κ3) is 4.59. The highest BCUT2D eigenvalue weighted by molar-refractivity contribution is 5.89. The number of rotatable bonds is 5. The molecule has 0 unspecified atom stereocenters. The minimum absolute atomic E-state index is 0.107. The lowest BCUT2D eigenvalue weighted by atomic mass is 9.87. The molecule has 2 amide bonds. The lowest BCUT2D eigenvalue weighted by Crippen LogP contribution is -2.40. The second-order valence-corrected chi connectivity index (χ2v) is 5.58. The van der Waals surface area contributed by atoms with E-state index in [1.54, 1.807) is 13.0 Å². The maximum Gasteiger partial charge on any atom is 0.319 e. The van der Waals surface area contributed by atoms with Crippen molar-refractivity contribution in [2.24, 2.45) is 5.92 Å². The number of benzene rings is 1. The highest BCUT2D eigenvalue weighted by Gasteiger charge is 2.21. The van der Waals surface area contributed by atoms with E-state index >= 15 is 0 Å². The number of nitrogens with one attached hydrogen (secondary N) is 2. The largest absolute Gasteiger partial charge is 0.491 e. The Bertz CT molecular complexity index is 502. The van der Waals surface area contributed by atoms with Crippen LogP contribution in [0.2, 0.25) is 0 Å². The molecule has 0 aliphatic heterocycles. The standard InChI is InChI=1S/C16H23FN2O3/c1-2-22-15-8-7-13(9-14(15)17)19-16(21)18-12-5-3-11(10-20)4-6-12/h7-9,11-12,20H,2-6,10H2,1H3,(H2,18,19,21). The van der Waals surface area contributed by atoms with Gasteiger partial charge in [-0.1, -0.05) is 0 Å². The zero-order chi connectivity index (χ0) is 15.9. The smallest absolute Gasteiger partial charge is 0.319 e. The van der Waals surface area contributed by atoms with E-state index in [0.29, 0.717) is 18.2 Å². The van der Waals surface area contributed by atoms with E-state index < -0.39 is 5.82 Å². The fraction of sp³-hybridized carbons (Fsp3) is 0.562. The van der Waals surface area contributed by atoms with Crippen molar-refractivity contribution in [3.8, 4) is 5.75 Å². The first-order chi connectivity index (χ1) is 10.6. The SMILES string of the molecule is CCOc1ccc(NC(=O)NC2CCC(CO)CC2)cc1F. The first kappa shape index (κ1) is 16.5. The van der Waals surface area contributed by atoms with E-state index in [9.17, 15) is 9.18 Å². The molecule has 0 spiro atoms. The van der Waals surface area contributed by atoms with Crippen molar-refractivity contribution < 1.29 is 19.0 Å². The van der Waals surface area contributed by atoms with Crippen LogP contribution >= 0.6 is 0 Å². The predicted molar refractivity (Wildman–Crippen MR) is 82.6 cm³/mol.